The maximum absolute atomic E-state index is 12.3. The summed E-state index contributed by atoms with van der Waals surface area (Å²) in [5.74, 6) is -1.28. The van der Waals surface area contributed by atoms with E-state index in [0.717, 1.165) is 5.56 Å². The maximum Gasteiger partial charge on any atom is 0.324 e. The van der Waals surface area contributed by atoms with E-state index < -0.39 is 33.9 Å². The largest absolute Gasteiger partial charge is 0.453 e. The van der Waals surface area contributed by atoms with E-state index in [1.807, 2.05) is 6.92 Å². The van der Waals surface area contributed by atoms with Gasteiger partial charge in [-0.1, -0.05) is 41.4 Å². The molecule has 27 heavy (non-hydrogen) atoms. The second kappa shape index (κ2) is 8.65. The van der Waals surface area contributed by atoms with Crippen LogP contribution in [0.4, 0.5) is 0 Å². The van der Waals surface area contributed by atoms with Gasteiger partial charge in [0.05, 0.1) is 4.90 Å². The number of carbonyl (C=O) groups is 2. The SMILES string of the molecule is Cc1ccc(S(=O)(=O)N[C@@H](C)C(=O)OC(C)C(=O)c2cccc(Cl)c2)cc1. The van der Waals surface area contributed by atoms with E-state index in [2.05, 4.69) is 4.72 Å². The summed E-state index contributed by atoms with van der Waals surface area (Å²) in [5.41, 5.74) is 1.21. The van der Waals surface area contributed by atoms with Crippen LogP contribution in [0.25, 0.3) is 0 Å². The Morgan fingerprint density at radius 3 is 2.30 bits per heavy atom. The number of esters is 1. The lowest BCUT2D eigenvalue weighted by atomic mass is 10.1. The van der Waals surface area contributed by atoms with Gasteiger partial charge >= 0.3 is 5.97 Å². The van der Waals surface area contributed by atoms with Crippen LogP contribution in [-0.2, 0) is 19.6 Å². The van der Waals surface area contributed by atoms with Crippen molar-refractivity contribution >= 4 is 33.4 Å². The molecule has 0 spiro atoms. The molecule has 2 rings (SSSR count). The topological polar surface area (TPSA) is 89.5 Å². The summed E-state index contributed by atoms with van der Waals surface area (Å²) in [6, 6.07) is 11.3. The molecule has 0 aliphatic heterocycles. The standard InChI is InChI=1S/C19H20ClNO5S/c1-12-7-9-17(10-8-12)27(24,25)21-13(2)19(23)26-14(3)18(22)15-5-4-6-16(20)11-15/h4-11,13-14,21H,1-3H3/t13-,14?/m0/s1. The number of halogens is 1. The normalized spacial score (nSPS) is 13.6. The van der Waals surface area contributed by atoms with Gasteiger partial charge in [-0.3, -0.25) is 9.59 Å². The molecule has 1 N–H and O–H groups in total. The Balaban J connectivity index is 2.02. The molecule has 1 unspecified atom stereocenters. The minimum absolute atomic E-state index is 0.0378. The molecule has 0 aliphatic carbocycles. The number of aryl methyl sites for hydroxylation is 1. The van der Waals surface area contributed by atoms with Crippen LogP contribution < -0.4 is 4.72 Å². The first kappa shape index (κ1) is 21.1. The Morgan fingerprint density at radius 1 is 1.07 bits per heavy atom. The summed E-state index contributed by atoms with van der Waals surface area (Å²) in [6.07, 6.45) is -1.08. The molecule has 2 aromatic carbocycles. The summed E-state index contributed by atoms with van der Waals surface area (Å²) >= 11 is 5.85. The number of Topliss-reactive ketones (excluding diaryl/α,β-unsaturated/α-hetero) is 1. The molecule has 0 heterocycles. The zero-order valence-electron chi connectivity index (χ0n) is 15.1. The van der Waals surface area contributed by atoms with E-state index in [0.29, 0.717) is 10.6 Å². The molecule has 2 atom stereocenters. The van der Waals surface area contributed by atoms with E-state index in [1.54, 1.807) is 30.3 Å². The Labute approximate surface area is 163 Å². The fraction of sp³-hybridized carbons (Fsp3) is 0.263. The number of sulfonamides is 1. The third kappa shape index (κ3) is 5.63. The lowest BCUT2D eigenvalue weighted by molar-refractivity contribution is -0.147. The van der Waals surface area contributed by atoms with Crippen molar-refractivity contribution in [3.8, 4) is 0 Å². The Hall–Kier alpha value is -2.22. The Kier molecular flexibility index (Phi) is 6.75. The van der Waals surface area contributed by atoms with Gasteiger partial charge in [-0.15, -0.1) is 0 Å². The van der Waals surface area contributed by atoms with Gasteiger partial charge in [0.25, 0.3) is 0 Å². The Morgan fingerprint density at radius 2 is 1.70 bits per heavy atom. The second-order valence-corrected chi connectivity index (χ2v) is 8.26. The number of ketones is 1. The van der Waals surface area contributed by atoms with Crippen LogP contribution in [0, 0.1) is 6.92 Å². The smallest absolute Gasteiger partial charge is 0.324 e. The fourth-order valence-corrected chi connectivity index (χ4v) is 3.66. The third-order valence-corrected chi connectivity index (χ3v) is 5.58. The van der Waals surface area contributed by atoms with E-state index >= 15 is 0 Å². The third-order valence-electron chi connectivity index (χ3n) is 3.79. The number of hydrogen-bond acceptors (Lipinski definition) is 5. The second-order valence-electron chi connectivity index (χ2n) is 6.11. The summed E-state index contributed by atoms with van der Waals surface area (Å²) in [6.45, 7) is 4.61. The highest BCUT2D eigenvalue weighted by Gasteiger charge is 2.26. The minimum atomic E-state index is -3.89. The summed E-state index contributed by atoms with van der Waals surface area (Å²) < 4.78 is 32.0. The molecule has 0 saturated heterocycles. The number of hydrogen-bond donors (Lipinski definition) is 1. The van der Waals surface area contributed by atoms with Crippen molar-refractivity contribution in [1.29, 1.82) is 0 Å². The molecule has 144 valence electrons. The van der Waals surface area contributed by atoms with Gasteiger partial charge in [0, 0.05) is 10.6 Å². The van der Waals surface area contributed by atoms with Gasteiger partial charge in [-0.2, -0.15) is 4.72 Å². The molecule has 0 fully saturated rings. The molecule has 0 radical (unpaired) electrons. The van der Waals surface area contributed by atoms with Gasteiger partial charge in [0.2, 0.25) is 15.8 Å². The lowest BCUT2D eigenvalue weighted by Gasteiger charge is -2.17. The monoisotopic (exact) mass is 409 g/mol. The highest BCUT2D eigenvalue weighted by Crippen LogP contribution is 2.14. The average molecular weight is 410 g/mol. The summed E-state index contributed by atoms with van der Waals surface area (Å²) in [7, 11) is -3.89. The average Bonchev–Trinajstić information content (AvgIpc) is 2.60. The zero-order chi connectivity index (χ0) is 20.2. The summed E-state index contributed by atoms with van der Waals surface area (Å²) in [4.78, 5) is 24.5. The highest BCUT2D eigenvalue weighted by atomic mass is 35.5. The number of rotatable bonds is 7. The van der Waals surface area contributed by atoms with Crippen LogP contribution in [0.2, 0.25) is 5.02 Å². The first-order valence-corrected chi connectivity index (χ1v) is 10.1. The van der Waals surface area contributed by atoms with Crippen molar-refractivity contribution in [3.63, 3.8) is 0 Å². The van der Waals surface area contributed by atoms with Crippen molar-refractivity contribution in [2.24, 2.45) is 0 Å². The Bertz CT molecular complexity index is 941. The molecule has 0 aliphatic rings. The lowest BCUT2D eigenvalue weighted by Crippen LogP contribution is -2.41. The van der Waals surface area contributed by atoms with Crippen molar-refractivity contribution in [1.82, 2.24) is 4.72 Å². The van der Waals surface area contributed by atoms with Gasteiger partial charge < -0.3 is 4.74 Å². The van der Waals surface area contributed by atoms with E-state index in [9.17, 15) is 18.0 Å². The quantitative estimate of drug-likeness (QED) is 0.560. The molecule has 0 bridgehead atoms. The molecule has 0 amide bonds. The van der Waals surface area contributed by atoms with Gasteiger partial charge in [-0.25, -0.2) is 8.42 Å². The van der Waals surface area contributed by atoms with Gasteiger partial charge in [0.15, 0.2) is 6.10 Å². The highest BCUT2D eigenvalue weighted by molar-refractivity contribution is 7.89. The maximum atomic E-state index is 12.3. The van der Waals surface area contributed by atoms with Gasteiger partial charge in [0.1, 0.15) is 6.04 Å². The van der Waals surface area contributed by atoms with Crippen molar-refractivity contribution in [3.05, 3.63) is 64.7 Å². The predicted octanol–water partition coefficient (Wildman–Crippen LogP) is 3.13. The molecule has 0 aromatic heterocycles. The summed E-state index contributed by atoms with van der Waals surface area (Å²) in [5, 5.41) is 0.388. The predicted molar refractivity (Wildman–Crippen MR) is 102 cm³/mol. The van der Waals surface area contributed by atoms with E-state index in [-0.39, 0.29) is 4.90 Å². The van der Waals surface area contributed by atoms with Crippen LogP contribution >= 0.6 is 11.6 Å². The van der Waals surface area contributed by atoms with Crippen LogP contribution in [0.5, 0.6) is 0 Å². The van der Waals surface area contributed by atoms with Crippen LogP contribution in [0.1, 0.15) is 29.8 Å². The van der Waals surface area contributed by atoms with Crippen molar-refractivity contribution in [2.45, 2.75) is 37.8 Å². The molecule has 8 heteroatoms. The molecular weight excluding hydrogens is 390 g/mol. The van der Waals surface area contributed by atoms with Crippen molar-refractivity contribution in [2.75, 3.05) is 0 Å². The molecule has 6 nitrogen and oxygen atoms in total. The molecule has 0 saturated carbocycles. The molecule has 2 aromatic rings. The number of ether oxygens (including phenoxy) is 1. The number of nitrogens with one attached hydrogen (secondary N) is 1. The van der Waals surface area contributed by atoms with E-state index in [1.165, 1.54) is 32.0 Å². The number of benzene rings is 2. The zero-order valence-corrected chi connectivity index (χ0v) is 16.7. The van der Waals surface area contributed by atoms with Crippen LogP contribution in [0.3, 0.4) is 0 Å². The van der Waals surface area contributed by atoms with E-state index in [4.69, 9.17) is 16.3 Å². The van der Waals surface area contributed by atoms with Gasteiger partial charge in [-0.05, 0) is 45.0 Å². The van der Waals surface area contributed by atoms with Crippen molar-refractivity contribution < 1.29 is 22.7 Å². The number of carbonyl (C=O) groups excluding carboxylic acids is 2. The fourth-order valence-electron chi connectivity index (χ4n) is 2.27. The van der Waals surface area contributed by atoms with Crippen LogP contribution in [-0.4, -0.2) is 32.3 Å². The molecular formula is C19H20ClNO5S. The first-order chi connectivity index (χ1) is 12.6. The van der Waals surface area contributed by atoms with Crippen LogP contribution in [0.15, 0.2) is 53.4 Å². The first-order valence-electron chi connectivity index (χ1n) is 8.19. The minimum Gasteiger partial charge on any atom is -0.453 e.